The van der Waals surface area contributed by atoms with Crippen molar-refractivity contribution in [2.75, 3.05) is 26.5 Å². The average Bonchev–Trinajstić information content (AvgIpc) is 2.64. The lowest BCUT2D eigenvalue weighted by atomic mass is 10.1. The summed E-state index contributed by atoms with van der Waals surface area (Å²) in [5, 5.41) is 0. The van der Waals surface area contributed by atoms with Crippen molar-refractivity contribution in [3.8, 4) is 5.75 Å². The minimum atomic E-state index is -3.26. The fourth-order valence-electron chi connectivity index (χ4n) is 2.39. The Bertz CT molecular complexity index is 848. The minimum Gasteiger partial charge on any atom is -0.493 e. The van der Waals surface area contributed by atoms with Gasteiger partial charge in [0.15, 0.2) is 9.84 Å². The van der Waals surface area contributed by atoms with Gasteiger partial charge >= 0.3 is 0 Å². The molecule has 0 saturated carbocycles. The third kappa shape index (κ3) is 5.57. The van der Waals surface area contributed by atoms with E-state index in [-0.39, 0.29) is 10.8 Å². The van der Waals surface area contributed by atoms with Gasteiger partial charge in [0.2, 0.25) is 0 Å². The van der Waals surface area contributed by atoms with E-state index in [9.17, 15) is 13.2 Å². The Kier molecular flexibility index (Phi) is 6.76. The number of carbonyl (C=O) groups is 1. The van der Waals surface area contributed by atoms with Crippen molar-refractivity contribution < 1.29 is 17.9 Å². The van der Waals surface area contributed by atoms with Gasteiger partial charge < -0.3 is 15.4 Å². The first kappa shape index (κ1) is 19.9. The Hall–Kier alpha value is -2.38. The van der Waals surface area contributed by atoms with E-state index in [4.69, 9.17) is 10.5 Å². The molecule has 0 spiro atoms. The first-order valence-electron chi connectivity index (χ1n) is 8.28. The topological polar surface area (TPSA) is 89.7 Å². The highest BCUT2D eigenvalue weighted by Gasteiger charge is 2.11. The largest absolute Gasteiger partial charge is 0.493 e. The lowest BCUT2D eigenvalue weighted by Crippen LogP contribution is -2.28. The van der Waals surface area contributed by atoms with Gasteiger partial charge in [-0.15, -0.1) is 0 Å². The number of nitrogens with two attached hydrogens (primary N) is 1. The fraction of sp³-hybridized carbons (Fsp3) is 0.316. The van der Waals surface area contributed by atoms with Gasteiger partial charge in [0.1, 0.15) is 5.75 Å². The molecule has 7 heteroatoms. The molecule has 0 heterocycles. The zero-order valence-corrected chi connectivity index (χ0v) is 15.8. The van der Waals surface area contributed by atoms with Crippen LogP contribution in [0.1, 0.15) is 22.3 Å². The number of ether oxygens (including phenoxy) is 1. The number of sulfone groups is 1. The van der Waals surface area contributed by atoms with Gasteiger partial charge in [0, 0.05) is 32.0 Å². The summed E-state index contributed by atoms with van der Waals surface area (Å²) >= 11 is 0. The number of hydrogen-bond donors (Lipinski definition) is 1. The monoisotopic (exact) mass is 376 g/mol. The summed E-state index contributed by atoms with van der Waals surface area (Å²) in [4.78, 5) is 14.2. The average molecular weight is 376 g/mol. The molecule has 1 amide bonds. The summed E-state index contributed by atoms with van der Waals surface area (Å²) in [6.45, 7) is 1.36. The van der Waals surface area contributed by atoms with Crippen LogP contribution in [0.15, 0.2) is 53.4 Å². The van der Waals surface area contributed by atoms with Crippen LogP contribution < -0.4 is 10.5 Å². The predicted molar refractivity (Wildman–Crippen MR) is 101 cm³/mol. The molecule has 0 unspecified atom stereocenters. The Balaban J connectivity index is 1.82. The molecule has 0 aliphatic rings. The zero-order valence-electron chi connectivity index (χ0n) is 15.0. The summed E-state index contributed by atoms with van der Waals surface area (Å²) in [7, 11) is -1.52. The molecule has 2 aromatic rings. The molecule has 0 atom stereocenters. The van der Waals surface area contributed by atoms with Crippen molar-refractivity contribution in [3.63, 3.8) is 0 Å². The molecule has 0 bridgehead atoms. The molecule has 6 nitrogen and oxygen atoms in total. The van der Waals surface area contributed by atoms with E-state index >= 15 is 0 Å². The van der Waals surface area contributed by atoms with Crippen LogP contribution >= 0.6 is 0 Å². The molecule has 2 aromatic carbocycles. The van der Waals surface area contributed by atoms with Gasteiger partial charge in [-0.25, -0.2) is 8.42 Å². The maximum Gasteiger partial charge on any atom is 0.253 e. The molecule has 2 N–H and O–H groups in total. The SMILES string of the molecule is CN(CCCOc1cccc(S(C)(=O)=O)c1)C(=O)c1ccc(CN)cc1. The van der Waals surface area contributed by atoms with Crippen molar-refractivity contribution in [1.29, 1.82) is 0 Å². The second-order valence-corrected chi connectivity index (χ2v) is 8.09. The first-order chi connectivity index (χ1) is 12.3. The summed E-state index contributed by atoms with van der Waals surface area (Å²) in [6.07, 6.45) is 1.79. The maximum absolute atomic E-state index is 12.4. The molecule has 0 aliphatic heterocycles. The highest BCUT2D eigenvalue weighted by Crippen LogP contribution is 2.17. The van der Waals surface area contributed by atoms with E-state index in [1.54, 1.807) is 36.2 Å². The summed E-state index contributed by atoms with van der Waals surface area (Å²) in [5.74, 6) is 0.437. The molecule has 0 radical (unpaired) electrons. The van der Waals surface area contributed by atoms with Crippen LogP contribution in [-0.2, 0) is 16.4 Å². The molecule has 2 rings (SSSR count). The number of carbonyl (C=O) groups excluding carboxylic acids is 1. The maximum atomic E-state index is 12.4. The van der Waals surface area contributed by atoms with E-state index in [0.29, 0.717) is 37.4 Å². The molecule has 0 saturated heterocycles. The Morgan fingerprint density at radius 2 is 1.85 bits per heavy atom. The Morgan fingerprint density at radius 1 is 1.15 bits per heavy atom. The van der Waals surface area contributed by atoms with Gasteiger partial charge in [-0.2, -0.15) is 0 Å². The van der Waals surface area contributed by atoms with Crippen LogP contribution in [-0.4, -0.2) is 45.7 Å². The molecule has 0 fully saturated rings. The van der Waals surface area contributed by atoms with Gasteiger partial charge in [0.05, 0.1) is 11.5 Å². The highest BCUT2D eigenvalue weighted by molar-refractivity contribution is 7.90. The van der Waals surface area contributed by atoms with Crippen molar-refractivity contribution in [2.24, 2.45) is 5.73 Å². The quantitative estimate of drug-likeness (QED) is 0.713. The Morgan fingerprint density at radius 3 is 2.46 bits per heavy atom. The number of hydrogen-bond acceptors (Lipinski definition) is 5. The van der Waals surface area contributed by atoms with E-state index < -0.39 is 9.84 Å². The summed E-state index contributed by atoms with van der Waals surface area (Å²) in [6, 6.07) is 13.6. The Labute approximate surface area is 154 Å². The van der Waals surface area contributed by atoms with Gasteiger partial charge in [-0.05, 0) is 42.3 Å². The lowest BCUT2D eigenvalue weighted by Gasteiger charge is -2.17. The fourth-order valence-corrected chi connectivity index (χ4v) is 3.05. The van der Waals surface area contributed by atoms with E-state index in [2.05, 4.69) is 0 Å². The van der Waals surface area contributed by atoms with E-state index in [0.717, 1.165) is 11.8 Å². The van der Waals surface area contributed by atoms with Crippen molar-refractivity contribution in [2.45, 2.75) is 17.9 Å². The van der Waals surface area contributed by atoms with Crippen LogP contribution in [0.25, 0.3) is 0 Å². The molecule has 140 valence electrons. The van der Waals surface area contributed by atoms with Crippen LogP contribution in [0.2, 0.25) is 0 Å². The molecule has 26 heavy (non-hydrogen) atoms. The normalized spacial score (nSPS) is 11.2. The number of benzene rings is 2. The number of amides is 1. The molecular formula is C19H24N2O4S. The zero-order chi connectivity index (χ0) is 19.2. The third-order valence-corrected chi connectivity index (χ3v) is 5.03. The van der Waals surface area contributed by atoms with Crippen molar-refractivity contribution in [3.05, 3.63) is 59.7 Å². The highest BCUT2D eigenvalue weighted by atomic mass is 32.2. The van der Waals surface area contributed by atoms with E-state index in [1.807, 2.05) is 12.1 Å². The molecule has 0 aromatic heterocycles. The van der Waals surface area contributed by atoms with Crippen LogP contribution in [0.5, 0.6) is 5.75 Å². The lowest BCUT2D eigenvalue weighted by molar-refractivity contribution is 0.0788. The second kappa shape index (κ2) is 8.82. The molecular weight excluding hydrogens is 352 g/mol. The summed E-state index contributed by atoms with van der Waals surface area (Å²) in [5.41, 5.74) is 7.15. The van der Waals surface area contributed by atoms with Crippen LogP contribution in [0.3, 0.4) is 0 Å². The van der Waals surface area contributed by atoms with Crippen LogP contribution in [0.4, 0.5) is 0 Å². The standard InChI is InChI=1S/C19H24N2O4S/c1-21(19(22)16-9-7-15(14-20)8-10-16)11-4-12-25-17-5-3-6-18(13-17)26(2,23)24/h3,5-10,13H,4,11-12,14,20H2,1-2H3. The number of nitrogens with zero attached hydrogens (tertiary/aromatic N) is 1. The van der Waals surface area contributed by atoms with Crippen molar-refractivity contribution >= 4 is 15.7 Å². The third-order valence-electron chi connectivity index (χ3n) is 3.92. The van der Waals surface area contributed by atoms with Gasteiger partial charge in [0.25, 0.3) is 5.91 Å². The smallest absolute Gasteiger partial charge is 0.253 e. The second-order valence-electron chi connectivity index (χ2n) is 6.08. The minimum absolute atomic E-state index is 0.0624. The van der Waals surface area contributed by atoms with E-state index in [1.165, 1.54) is 12.1 Å². The molecule has 0 aliphatic carbocycles. The van der Waals surface area contributed by atoms with Crippen LogP contribution in [0, 0.1) is 0 Å². The summed E-state index contributed by atoms with van der Waals surface area (Å²) < 4.78 is 28.7. The first-order valence-corrected chi connectivity index (χ1v) is 10.2. The number of rotatable bonds is 8. The van der Waals surface area contributed by atoms with Gasteiger partial charge in [-0.3, -0.25) is 4.79 Å². The predicted octanol–water partition coefficient (Wildman–Crippen LogP) is 2.09. The van der Waals surface area contributed by atoms with Gasteiger partial charge in [-0.1, -0.05) is 18.2 Å². The van der Waals surface area contributed by atoms with Crippen molar-refractivity contribution in [1.82, 2.24) is 4.90 Å².